The first kappa shape index (κ1) is 16.5. The minimum absolute atomic E-state index is 0.189. The summed E-state index contributed by atoms with van der Waals surface area (Å²) in [5, 5.41) is 10.3. The molecule has 1 unspecified atom stereocenters. The van der Waals surface area contributed by atoms with Crippen molar-refractivity contribution in [1.82, 2.24) is 14.9 Å². The molecule has 24 heavy (non-hydrogen) atoms. The predicted octanol–water partition coefficient (Wildman–Crippen LogP) is 3.09. The van der Waals surface area contributed by atoms with Crippen molar-refractivity contribution >= 4 is 28.5 Å². The van der Waals surface area contributed by atoms with Gasteiger partial charge in [-0.2, -0.15) is 0 Å². The molecule has 0 bridgehead atoms. The Labute approximate surface area is 145 Å². The first-order valence-electron chi connectivity index (χ1n) is 7.64. The number of nitrogens with one attached hydrogen (secondary N) is 1. The molecule has 2 N–H and O–H groups in total. The first-order valence-corrected chi connectivity index (χ1v) is 8.02. The number of hydrogen-bond acceptors (Lipinski definition) is 3. The third-order valence-corrected chi connectivity index (χ3v) is 4.60. The van der Waals surface area contributed by atoms with Gasteiger partial charge in [-0.05, 0) is 29.7 Å². The molecule has 0 fully saturated rings. The van der Waals surface area contributed by atoms with Gasteiger partial charge in [0.25, 0.3) is 5.91 Å². The van der Waals surface area contributed by atoms with E-state index in [4.69, 9.17) is 11.6 Å². The summed E-state index contributed by atoms with van der Waals surface area (Å²) in [5.74, 6) is -0.0641. The quantitative estimate of drug-likeness (QED) is 0.896. The molecule has 3 rings (SSSR count). The normalized spacial score (nSPS) is 18.1. The molecule has 0 saturated heterocycles. The van der Waals surface area contributed by atoms with E-state index in [2.05, 4.69) is 23.1 Å². The van der Waals surface area contributed by atoms with E-state index < -0.39 is 6.04 Å². The van der Waals surface area contributed by atoms with E-state index in [1.165, 1.54) is 0 Å². The monoisotopic (exact) mass is 343 g/mol. The van der Waals surface area contributed by atoms with Crippen molar-refractivity contribution in [3.05, 3.63) is 65.5 Å². The molecule has 0 aliphatic carbocycles. The number of aromatic amines is 1. The minimum atomic E-state index is -0.458. The van der Waals surface area contributed by atoms with Crippen LogP contribution in [0.25, 0.3) is 11.0 Å². The number of aliphatic hydroxyl groups is 1. The van der Waals surface area contributed by atoms with Crippen LogP contribution in [0.15, 0.2) is 54.7 Å². The van der Waals surface area contributed by atoms with Crippen molar-refractivity contribution in [2.45, 2.75) is 12.5 Å². The van der Waals surface area contributed by atoms with E-state index >= 15 is 0 Å². The largest absolute Gasteiger partial charge is 0.394 e. The number of amides is 1. The first-order chi connectivity index (χ1) is 11.6. The number of carbonyl (C=O) groups is 1. The molecule has 2 heterocycles. The van der Waals surface area contributed by atoms with Gasteiger partial charge in [0, 0.05) is 6.54 Å². The second kappa shape index (κ2) is 6.63. The highest BCUT2D eigenvalue weighted by Gasteiger charge is 2.32. The van der Waals surface area contributed by atoms with Gasteiger partial charge in [-0.3, -0.25) is 4.79 Å². The topological polar surface area (TPSA) is 69.2 Å². The Balaban J connectivity index is 1.99. The van der Waals surface area contributed by atoms with Gasteiger partial charge in [0.1, 0.15) is 5.52 Å². The number of aliphatic hydroxyl groups excluding tert-OH is 1. The van der Waals surface area contributed by atoms with Crippen LogP contribution in [-0.2, 0) is 0 Å². The van der Waals surface area contributed by atoms with Crippen molar-refractivity contribution in [1.29, 1.82) is 0 Å². The molecular weight excluding hydrogens is 326 g/mol. The molecule has 1 aliphatic rings. The van der Waals surface area contributed by atoms with Crippen molar-refractivity contribution < 1.29 is 9.90 Å². The van der Waals surface area contributed by atoms with Crippen LogP contribution in [0.3, 0.4) is 0 Å². The summed E-state index contributed by atoms with van der Waals surface area (Å²) in [6.07, 6.45) is 4.09. The van der Waals surface area contributed by atoms with Gasteiger partial charge in [0.2, 0.25) is 0 Å². The average Bonchev–Trinajstić information content (AvgIpc) is 3.05. The summed E-state index contributed by atoms with van der Waals surface area (Å²) in [5.41, 5.74) is 3.09. The van der Waals surface area contributed by atoms with Crippen LogP contribution in [0.4, 0.5) is 0 Å². The standard InChI is InChI=1S/C18H18ClN3O2/c1-3-11-8-9-22(15(10-23)12(11)4-2)18(24)17-20-14-7-5-6-13(19)16(14)21-17/h3-7,15,23H,1-2,8-10H2,(H,20,21). The van der Waals surface area contributed by atoms with Crippen molar-refractivity contribution in [2.24, 2.45) is 0 Å². The van der Waals surface area contributed by atoms with Gasteiger partial charge >= 0.3 is 0 Å². The van der Waals surface area contributed by atoms with E-state index in [1.807, 2.05) is 6.07 Å². The maximum absolute atomic E-state index is 12.9. The van der Waals surface area contributed by atoms with Crippen molar-refractivity contribution in [2.75, 3.05) is 13.2 Å². The number of aromatic nitrogens is 2. The Morgan fingerprint density at radius 2 is 2.25 bits per heavy atom. The van der Waals surface area contributed by atoms with Crippen molar-refractivity contribution in [3.8, 4) is 0 Å². The summed E-state index contributed by atoms with van der Waals surface area (Å²) in [6.45, 7) is 7.88. The lowest BCUT2D eigenvalue weighted by Crippen LogP contribution is -2.47. The van der Waals surface area contributed by atoms with Crippen LogP contribution in [0.2, 0.25) is 5.02 Å². The maximum atomic E-state index is 12.9. The van der Waals surface area contributed by atoms with Gasteiger partial charge in [-0.1, -0.05) is 43.0 Å². The fourth-order valence-electron chi connectivity index (χ4n) is 3.08. The molecule has 1 aromatic heterocycles. The Hall–Kier alpha value is -2.37. The lowest BCUT2D eigenvalue weighted by Gasteiger charge is -2.36. The lowest BCUT2D eigenvalue weighted by molar-refractivity contribution is 0.0618. The summed E-state index contributed by atoms with van der Waals surface area (Å²) in [7, 11) is 0. The number of H-pyrrole nitrogens is 1. The molecule has 1 aliphatic heterocycles. The number of rotatable bonds is 4. The van der Waals surface area contributed by atoms with Gasteiger partial charge in [0.15, 0.2) is 5.82 Å². The highest BCUT2D eigenvalue weighted by atomic mass is 35.5. The minimum Gasteiger partial charge on any atom is -0.394 e. The van der Waals surface area contributed by atoms with Crippen LogP contribution in [0.5, 0.6) is 0 Å². The number of para-hydroxylation sites is 1. The Morgan fingerprint density at radius 3 is 2.88 bits per heavy atom. The van der Waals surface area contributed by atoms with Gasteiger partial charge in [-0.15, -0.1) is 0 Å². The Bertz CT molecular complexity index is 853. The molecule has 0 radical (unpaired) electrons. The van der Waals surface area contributed by atoms with Crippen LogP contribution in [-0.4, -0.2) is 45.1 Å². The van der Waals surface area contributed by atoms with Crippen LogP contribution >= 0.6 is 11.6 Å². The third kappa shape index (κ3) is 2.66. The van der Waals surface area contributed by atoms with E-state index in [0.717, 1.165) is 11.1 Å². The number of allylic oxidation sites excluding steroid dienone is 1. The third-order valence-electron chi connectivity index (χ3n) is 4.29. The average molecular weight is 344 g/mol. The van der Waals surface area contributed by atoms with Gasteiger partial charge < -0.3 is 15.0 Å². The molecule has 124 valence electrons. The Morgan fingerprint density at radius 1 is 1.46 bits per heavy atom. The second-order valence-electron chi connectivity index (χ2n) is 5.56. The Kier molecular flexibility index (Phi) is 4.55. The number of benzene rings is 1. The van der Waals surface area contributed by atoms with E-state index in [0.29, 0.717) is 29.0 Å². The zero-order chi connectivity index (χ0) is 17.3. The number of hydrogen-bond donors (Lipinski definition) is 2. The summed E-state index contributed by atoms with van der Waals surface area (Å²) in [6, 6.07) is 4.88. The highest BCUT2D eigenvalue weighted by Crippen LogP contribution is 2.28. The SMILES string of the molecule is C=CC1=C(C=C)C(CO)N(C(=O)c2nc3c(Cl)cccc3[nH]2)CC1. The fraction of sp³-hybridized carbons (Fsp3) is 0.222. The van der Waals surface area contributed by atoms with Crippen LogP contribution in [0, 0.1) is 0 Å². The summed E-state index contributed by atoms with van der Waals surface area (Å²) in [4.78, 5) is 21.8. The summed E-state index contributed by atoms with van der Waals surface area (Å²) < 4.78 is 0. The molecule has 1 amide bonds. The molecule has 5 nitrogen and oxygen atoms in total. The van der Waals surface area contributed by atoms with Crippen molar-refractivity contribution in [3.63, 3.8) is 0 Å². The molecular formula is C18H18ClN3O2. The predicted molar refractivity (Wildman–Crippen MR) is 95.1 cm³/mol. The van der Waals surface area contributed by atoms with E-state index in [9.17, 15) is 9.90 Å². The number of nitrogens with zero attached hydrogens (tertiary/aromatic N) is 2. The molecule has 1 atom stereocenters. The zero-order valence-electron chi connectivity index (χ0n) is 13.1. The lowest BCUT2D eigenvalue weighted by atomic mass is 9.92. The molecule has 6 heteroatoms. The van der Waals surface area contributed by atoms with Gasteiger partial charge in [-0.25, -0.2) is 4.98 Å². The number of fused-ring (bicyclic) bond motifs is 1. The molecule has 0 saturated carbocycles. The van der Waals surface area contributed by atoms with Crippen LogP contribution in [0.1, 0.15) is 17.0 Å². The van der Waals surface area contributed by atoms with Crippen LogP contribution < -0.4 is 0 Å². The maximum Gasteiger partial charge on any atom is 0.290 e. The fourth-order valence-corrected chi connectivity index (χ4v) is 3.30. The van der Waals surface area contributed by atoms with E-state index in [-0.39, 0.29) is 18.3 Å². The molecule has 0 spiro atoms. The number of imidazole rings is 1. The molecule has 2 aromatic rings. The highest BCUT2D eigenvalue weighted by molar-refractivity contribution is 6.35. The second-order valence-corrected chi connectivity index (χ2v) is 5.96. The number of carbonyl (C=O) groups excluding carboxylic acids is 1. The smallest absolute Gasteiger partial charge is 0.290 e. The summed E-state index contributed by atoms with van der Waals surface area (Å²) >= 11 is 6.12. The van der Waals surface area contributed by atoms with E-state index in [1.54, 1.807) is 29.2 Å². The van der Waals surface area contributed by atoms with Gasteiger partial charge in [0.05, 0.1) is 23.2 Å². The number of halogens is 1. The zero-order valence-corrected chi connectivity index (χ0v) is 13.9. The molecule has 1 aromatic carbocycles.